The largest absolute Gasteiger partial charge is 0.434 e. The van der Waals surface area contributed by atoms with Gasteiger partial charge in [-0.1, -0.05) is 0 Å². The quantitative estimate of drug-likeness (QED) is 0.810. The van der Waals surface area contributed by atoms with Gasteiger partial charge in [-0.3, -0.25) is 4.98 Å². The summed E-state index contributed by atoms with van der Waals surface area (Å²) in [5.41, 5.74) is 4.05. The fourth-order valence-electron chi connectivity index (χ4n) is 2.44. The van der Waals surface area contributed by atoms with Gasteiger partial charge in [0.15, 0.2) is 11.5 Å². The average Bonchev–Trinajstić information content (AvgIpc) is 2.85. The second-order valence-corrected chi connectivity index (χ2v) is 5.57. The number of alkyl halides is 5. The molecule has 134 valence electrons. The van der Waals surface area contributed by atoms with Crippen LogP contribution in [0.15, 0.2) is 12.4 Å². The number of halogens is 5. The molecule has 2 aromatic heterocycles. The molecule has 0 unspecified atom stereocenters. The van der Waals surface area contributed by atoms with Crippen LogP contribution in [0.5, 0.6) is 0 Å². The summed E-state index contributed by atoms with van der Waals surface area (Å²) < 4.78 is 64.6. The lowest BCUT2D eigenvalue weighted by atomic mass is 10.2. The van der Waals surface area contributed by atoms with Crippen LogP contribution in [-0.2, 0) is 6.18 Å². The van der Waals surface area contributed by atoms with Crippen molar-refractivity contribution in [2.45, 2.75) is 37.4 Å². The molecule has 1 aliphatic rings. The van der Waals surface area contributed by atoms with E-state index in [4.69, 9.17) is 5.73 Å². The Morgan fingerprint density at radius 2 is 1.88 bits per heavy atom. The third-order valence-corrected chi connectivity index (χ3v) is 3.54. The molecule has 7 nitrogen and oxygen atoms in total. The van der Waals surface area contributed by atoms with Gasteiger partial charge in [0.1, 0.15) is 5.69 Å². The predicted octanol–water partition coefficient (Wildman–Crippen LogP) is 2.53. The van der Waals surface area contributed by atoms with Gasteiger partial charge in [-0.25, -0.2) is 13.8 Å². The summed E-state index contributed by atoms with van der Waals surface area (Å²) in [4.78, 5) is 18.3. The fraction of sp³-hybridized carbons (Fsp3) is 0.462. The van der Waals surface area contributed by atoms with Gasteiger partial charge in [-0.05, 0) is 6.42 Å². The van der Waals surface area contributed by atoms with Crippen molar-refractivity contribution in [1.82, 2.24) is 24.9 Å². The van der Waals surface area contributed by atoms with Gasteiger partial charge in [0.25, 0.3) is 0 Å². The van der Waals surface area contributed by atoms with E-state index < -0.39 is 30.3 Å². The number of aromatic nitrogens is 5. The molecule has 0 bridgehead atoms. The van der Waals surface area contributed by atoms with Gasteiger partial charge in [-0.15, -0.1) is 0 Å². The molecule has 0 radical (unpaired) electrons. The molecule has 0 saturated heterocycles. The summed E-state index contributed by atoms with van der Waals surface area (Å²) in [6, 6.07) is -0.572. The lowest BCUT2D eigenvalue weighted by Gasteiger charge is -2.13. The molecule has 1 atom stereocenters. The SMILES string of the molecule is Nc1nc(N[C@H]2CCC(F)(F)C2)nc(-c2cncc(C(F)(F)F)n2)n1. The molecule has 12 heteroatoms. The molecule has 3 rings (SSSR count). The molecule has 2 heterocycles. The van der Waals surface area contributed by atoms with Crippen LogP contribution in [0.2, 0.25) is 0 Å². The number of hydrogen-bond acceptors (Lipinski definition) is 7. The van der Waals surface area contributed by atoms with Crippen molar-refractivity contribution in [2.75, 3.05) is 11.1 Å². The van der Waals surface area contributed by atoms with Gasteiger partial charge in [0, 0.05) is 18.9 Å². The molecule has 0 aromatic carbocycles. The van der Waals surface area contributed by atoms with E-state index in [1.165, 1.54) is 0 Å². The molecular formula is C13H12F5N7. The Labute approximate surface area is 137 Å². The summed E-state index contributed by atoms with van der Waals surface area (Å²) in [7, 11) is 0. The van der Waals surface area contributed by atoms with E-state index in [9.17, 15) is 22.0 Å². The second-order valence-electron chi connectivity index (χ2n) is 5.57. The number of nitrogens with zero attached hydrogens (tertiary/aromatic N) is 5. The molecule has 25 heavy (non-hydrogen) atoms. The normalized spacial score (nSPS) is 19.8. The fourth-order valence-corrected chi connectivity index (χ4v) is 2.44. The maximum atomic E-state index is 13.2. The molecule has 3 N–H and O–H groups in total. The van der Waals surface area contributed by atoms with Crippen LogP contribution < -0.4 is 11.1 Å². The first-order valence-electron chi connectivity index (χ1n) is 7.18. The Bertz CT molecular complexity index is 780. The zero-order chi connectivity index (χ0) is 18.2. The maximum Gasteiger partial charge on any atom is 0.434 e. The second kappa shape index (κ2) is 6.01. The molecule has 2 aromatic rings. The van der Waals surface area contributed by atoms with E-state index in [2.05, 4.69) is 30.2 Å². The average molecular weight is 361 g/mol. The zero-order valence-electron chi connectivity index (χ0n) is 12.6. The van der Waals surface area contributed by atoms with Gasteiger partial charge in [0.05, 0.1) is 12.4 Å². The smallest absolute Gasteiger partial charge is 0.368 e. The van der Waals surface area contributed by atoms with Crippen molar-refractivity contribution < 1.29 is 22.0 Å². The molecule has 1 aliphatic carbocycles. The van der Waals surface area contributed by atoms with Crippen LogP contribution in [0.4, 0.5) is 33.8 Å². The Kier molecular flexibility index (Phi) is 4.13. The molecule has 0 aliphatic heterocycles. The van der Waals surface area contributed by atoms with Crippen molar-refractivity contribution in [3.63, 3.8) is 0 Å². The Hall–Kier alpha value is -2.66. The van der Waals surface area contributed by atoms with Gasteiger partial charge in [-0.2, -0.15) is 28.1 Å². The van der Waals surface area contributed by atoms with Crippen LogP contribution in [0.3, 0.4) is 0 Å². The van der Waals surface area contributed by atoms with Crippen molar-refractivity contribution in [3.8, 4) is 11.5 Å². The third kappa shape index (κ3) is 4.06. The van der Waals surface area contributed by atoms with Crippen molar-refractivity contribution in [1.29, 1.82) is 0 Å². The van der Waals surface area contributed by atoms with E-state index in [1.807, 2.05) is 0 Å². The Balaban J connectivity index is 1.87. The Morgan fingerprint density at radius 1 is 1.12 bits per heavy atom. The summed E-state index contributed by atoms with van der Waals surface area (Å²) >= 11 is 0. The van der Waals surface area contributed by atoms with E-state index in [0.717, 1.165) is 6.20 Å². The van der Waals surface area contributed by atoms with Crippen LogP contribution in [0.25, 0.3) is 11.5 Å². The highest BCUT2D eigenvalue weighted by Gasteiger charge is 2.39. The minimum Gasteiger partial charge on any atom is -0.368 e. The zero-order valence-corrected chi connectivity index (χ0v) is 12.6. The monoisotopic (exact) mass is 361 g/mol. The third-order valence-electron chi connectivity index (χ3n) is 3.54. The van der Waals surface area contributed by atoms with Crippen molar-refractivity contribution >= 4 is 11.9 Å². The number of rotatable bonds is 3. The van der Waals surface area contributed by atoms with E-state index in [-0.39, 0.29) is 36.3 Å². The van der Waals surface area contributed by atoms with Gasteiger partial charge < -0.3 is 11.1 Å². The molecule has 1 saturated carbocycles. The predicted molar refractivity (Wildman–Crippen MR) is 76.5 cm³/mol. The highest BCUT2D eigenvalue weighted by atomic mass is 19.4. The molecule has 0 amide bonds. The standard InChI is InChI=1S/C13H12F5N7/c14-12(15)2-1-6(3-12)21-11-24-9(23-10(19)25-11)7-4-20-5-8(22-7)13(16,17)18/h4-6H,1-3H2,(H3,19,21,23,24,25)/t6-/m0/s1. The summed E-state index contributed by atoms with van der Waals surface area (Å²) in [5.74, 6) is -3.40. The van der Waals surface area contributed by atoms with Crippen molar-refractivity contribution in [2.24, 2.45) is 0 Å². The van der Waals surface area contributed by atoms with Crippen molar-refractivity contribution in [3.05, 3.63) is 18.1 Å². The summed E-state index contributed by atoms with van der Waals surface area (Å²) in [6.07, 6.45) is -3.53. The van der Waals surface area contributed by atoms with E-state index in [0.29, 0.717) is 6.20 Å². The van der Waals surface area contributed by atoms with E-state index >= 15 is 0 Å². The molecule has 0 spiro atoms. The first-order valence-corrected chi connectivity index (χ1v) is 7.18. The topological polar surface area (TPSA) is 102 Å². The lowest BCUT2D eigenvalue weighted by Crippen LogP contribution is -2.21. The van der Waals surface area contributed by atoms with Crippen LogP contribution in [-0.4, -0.2) is 36.9 Å². The lowest BCUT2D eigenvalue weighted by molar-refractivity contribution is -0.141. The molecular weight excluding hydrogens is 349 g/mol. The minimum absolute atomic E-state index is 0.107. The number of nitrogens with one attached hydrogen (secondary N) is 1. The van der Waals surface area contributed by atoms with Gasteiger partial charge >= 0.3 is 6.18 Å². The maximum absolute atomic E-state index is 13.2. The highest BCUT2D eigenvalue weighted by Crippen LogP contribution is 2.36. The first kappa shape index (κ1) is 17.2. The Morgan fingerprint density at radius 3 is 2.52 bits per heavy atom. The van der Waals surface area contributed by atoms with Crippen LogP contribution in [0.1, 0.15) is 25.0 Å². The number of anilines is 2. The highest BCUT2D eigenvalue weighted by molar-refractivity contribution is 5.52. The summed E-state index contributed by atoms with van der Waals surface area (Å²) in [5, 5.41) is 2.70. The first-order chi connectivity index (χ1) is 11.6. The molecule has 1 fully saturated rings. The number of hydrogen-bond donors (Lipinski definition) is 2. The summed E-state index contributed by atoms with van der Waals surface area (Å²) in [6.45, 7) is 0. The van der Waals surface area contributed by atoms with Crippen LogP contribution >= 0.6 is 0 Å². The van der Waals surface area contributed by atoms with Crippen LogP contribution in [0, 0.1) is 0 Å². The number of nitrogens with two attached hydrogens (primary N) is 1. The van der Waals surface area contributed by atoms with Gasteiger partial charge in [0.2, 0.25) is 17.8 Å². The minimum atomic E-state index is -4.68. The number of nitrogen functional groups attached to an aromatic ring is 1. The van der Waals surface area contributed by atoms with E-state index in [1.54, 1.807) is 0 Å².